The third-order valence-corrected chi connectivity index (χ3v) is 9.07. The molecule has 1 saturated carbocycles. The van der Waals surface area contributed by atoms with Crippen molar-refractivity contribution in [2.75, 3.05) is 13.7 Å². The van der Waals surface area contributed by atoms with Gasteiger partial charge in [0, 0.05) is 31.1 Å². The third-order valence-electron chi connectivity index (χ3n) is 7.55. The second-order valence-corrected chi connectivity index (χ2v) is 12.8. The number of amidine groups is 1. The number of alkyl halides is 3. The second-order valence-electron chi connectivity index (χ2n) is 11.1. The number of unbranched alkanes of at least 4 members (excludes halogenated alkanes) is 1. The largest absolute Gasteiger partial charge is 0.493 e. The molecule has 2 aromatic rings. The summed E-state index contributed by atoms with van der Waals surface area (Å²) in [6.07, 6.45) is 2.96. The summed E-state index contributed by atoms with van der Waals surface area (Å²) in [5, 5.41) is 11.7. The predicted molar refractivity (Wildman–Crippen MR) is 171 cm³/mol. The van der Waals surface area contributed by atoms with Crippen molar-refractivity contribution in [3.63, 3.8) is 0 Å². The van der Waals surface area contributed by atoms with Crippen molar-refractivity contribution >= 4 is 28.0 Å². The van der Waals surface area contributed by atoms with Gasteiger partial charge >= 0.3 is 6.18 Å². The molecule has 1 amide bonds. The number of halogens is 3. The summed E-state index contributed by atoms with van der Waals surface area (Å²) in [5.41, 5.74) is -0.0787. The van der Waals surface area contributed by atoms with Gasteiger partial charge in [0.15, 0.2) is 0 Å². The number of amides is 1. The van der Waals surface area contributed by atoms with Crippen molar-refractivity contribution in [3.05, 3.63) is 70.4 Å². The number of nitrogens with one attached hydrogen (secondary N) is 2. The van der Waals surface area contributed by atoms with Crippen LogP contribution in [0.15, 0.2) is 63.1 Å². The Balaban J connectivity index is 1.71. The highest BCUT2D eigenvalue weighted by Gasteiger charge is 2.34. The number of hydrogen-bond donors (Lipinski definition) is 2. The van der Waals surface area contributed by atoms with Gasteiger partial charge in [-0.1, -0.05) is 19.4 Å². The summed E-state index contributed by atoms with van der Waals surface area (Å²) in [5.74, 6) is 0.115. The molecule has 1 aliphatic carbocycles. The molecule has 2 N–H and O–H groups in total. The zero-order chi connectivity index (χ0) is 33.9. The van der Waals surface area contributed by atoms with Crippen LogP contribution in [-0.4, -0.2) is 46.1 Å². The molecule has 0 aliphatic heterocycles. The first-order valence-electron chi connectivity index (χ1n) is 15.2. The normalized spacial score (nSPS) is 17.7. The number of nitriles is 1. The molecule has 13 heteroatoms. The Labute approximate surface area is 268 Å². The maximum atomic E-state index is 13.5. The lowest BCUT2D eigenvalue weighted by molar-refractivity contribution is -0.137. The third kappa shape index (κ3) is 10.3. The van der Waals surface area contributed by atoms with Crippen LogP contribution in [0, 0.1) is 17.2 Å². The molecule has 3 rings (SSSR count). The quantitative estimate of drug-likeness (QED) is 0.148. The fraction of sp³-hybridized carbons (Fsp3) is 0.455. The van der Waals surface area contributed by atoms with E-state index in [4.69, 9.17) is 10.00 Å². The number of ether oxygens (including phenoxy) is 1. The summed E-state index contributed by atoms with van der Waals surface area (Å²) in [6, 6.07) is 9.33. The van der Waals surface area contributed by atoms with Gasteiger partial charge < -0.3 is 10.1 Å². The van der Waals surface area contributed by atoms with Gasteiger partial charge in [-0.3, -0.25) is 14.8 Å². The molecule has 0 saturated heterocycles. The van der Waals surface area contributed by atoms with E-state index < -0.39 is 33.2 Å². The Hall–Kier alpha value is -4.02. The maximum Gasteiger partial charge on any atom is 0.417 e. The van der Waals surface area contributed by atoms with Crippen LogP contribution >= 0.6 is 0 Å². The molecule has 0 heterocycles. The SMILES string of the molecule is CCC/C=N/C(C)=C/C(=O)N/C(=N\C)c1cc(S(=O)(=O)NC2CCC(CCc3ccc(C#N)c(C(F)(F)F)c3)C2)ccc1OCC. The molecule has 248 valence electrons. The molecule has 1 aliphatic rings. The molecule has 2 aromatic carbocycles. The Kier molecular flexibility index (Phi) is 13.1. The summed E-state index contributed by atoms with van der Waals surface area (Å²) in [6.45, 7) is 5.80. The van der Waals surface area contributed by atoms with Gasteiger partial charge in [-0.15, -0.1) is 0 Å². The minimum atomic E-state index is -4.62. The Morgan fingerprint density at radius 3 is 2.59 bits per heavy atom. The lowest BCUT2D eigenvalue weighted by atomic mass is 9.95. The number of sulfonamides is 1. The molecule has 2 unspecified atom stereocenters. The lowest BCUT2D eigenvalue weighted by Crippen LogP contribution is -2.34. The highest BCUT2D eigenvalue weighted by Crippen LogP contribution is 2.34. The Bertz CT molecular complexity index is 1630. The highest BCUT2D eigenvalue weighted by molar-refractivity contribution is 7.89. The first-order chi connectivity index (χ1) is 21.8. The molecule has 0 aromatic heterocycles. The van der Waals surface area contributed by atoms with Gasteiger partial charge in [0.2, 0.25) is 10.0 Å². The van der Waals surface area contributed by atoms with Crippen LogP contribution in [0.5, 0.6) is 5.75 Å². The van der Waals surface area contributed by atoms with Crippen LogP contribution in [0.2, 0.25) is 0 Å². The number of aryl methyl sites for hydroxylation is 1. The summed E-state index contributed by atoms with van der Waals surface area (Å²) in [4.78, 5) is 21.1. The van der Waals surface area contributed by atoms with E-state index >= 15 is 0 Å². The molecule has 0 bridgehead atoms. The van der Waals surface area contributed by atoms with Crippen LogP contribution in [0.25, 0.3) is 0 Å². The number of carbonyl (C=O) groups excluding carboxylic acids is 1. The van der Waals surface area contributed by atoms with Gasteiger partial charge in [-0.25, -0.2) is 13.1 Å². The monoisotopic (exact) mass is 659 g/mol. The number of benzene rings is 2. The van der Waals surface area contributed by atoms with Gasteiger partial charge in [-0.2, -0.15) is 18.4 Å². The molecule has 46 heavy (non-hydrogen) atoms. The number of carbonyl (C=O) groups is 1. The van der Waals surface area contributed by atoms with E-state index in [2.05, 4.69) is 20.0 Å². The van der Waals surface area contributed by atoms with Crippen molar-refractivity contribution in [2.24, 2.45) is 15.9 Å². The summed E-state index contributed by atoms with van der Waals surface area (Å²) >= 11 is 0. The van der Waals surface area contributed by atoms with Crippen LogP contribution in [0.1, 0.15) is 81.5 Å². The van der Waals surface area contributed by atoms with E-state index in [1.54, 1.807) is 26.1 Å². The van der Waals surface area contributed by atoms with Crippen LogP contribution in [0.3, 0.4) is 0 Å². The van der Waals surface area contributed by atoms with Gasteiger partial charge in [-0.05, 0) is 94.2 Å². The molecular weight excluding hydrogens is 619 g/mol. The summed E-state index contributed by atoms with van der Waals surface area (Å²) in [7, 11) is -2.51. The van der Waals surface area contributed by atoms with Crippen LogP contribution in [-0.2, 0) is 27.4 Å². The molecule has 0 radical (unpaired) electrons. The zero-order valence-corrected chi connectivity index (χ0v) is 27.3. The topological polar surface area (TPSA) is 133 Å². The first kappa shape index (κ1) is 36.4. The van der Waals surface area contributed by atoms with E-state index in [-0.39, 0.29) is 22.7 Å². The van der Waals surface area contributed by atoms with E-state index in [9.17, 15) is 26.4 Å². The first-order valence-corrected chi connectivity index (χ1v) is 16.7. The fourth-order valence-electron chi connectivity index (χ4n) is 5.29. The van der Waals surface area contributed by atoms with E-state index in [1.807, 2.05) is 6.92 Å². The smallest absolute Gasteiger partial charge is 0.417 e. The number of rotatable bonds is 13. The van der Waals surface area contributed by atoms with Crippen molar-refractivity contribution in [1.82, 2.24) is 10.0 Å². The van der Waals surface area contributed by atoms with E-state index in [0.717, 1.165) is 25.3 Å². The molecule has 1 fully saturated rings. The number of hydrogen-bond acceptors (Lipinski definition) is 7. The van der Waals surface area contributed by atoms with E-state index in [1.165, 1.54) is 43.5 Å². The molecular formula is C33H40F3N5O4S. The zero-order valence-electron chi connectivity index (χ0n) is 26.4. The highest BCUT2D eigenvalue weighted by atomic mass is 32.2. The molecule has 9 nitrogen and oxygen atoms in total. The number of nitrogens with zero attached hydrogens (tertiary/aromatic N) is 3. The fourth-order valence-corrected chi connectivity index (χ4v) is 6.59. The lowest BCUT2D eigenvalue weighted by Gasteiger charge is -2.17. The maximum absolute atomic E-state index is 13.5. The minimum absolute atomic E-state index is 0.0297. The van der Waals surface area contributed by atoms with Crippen molar-refractivity contribution in [1.29, 1.82) is 5.26 Å². The average molecular weight is 660 g/mol. The molecule has 2 atom stereocenters. The minimum Gasteiger partial charge on any atom is -0.493 e. The van der Waals surface area contributed by atoms with E-state index in [0.29, 0.717) is 54.9 Å². The van der Waals surface area contributed by atoms with Gasteiger partial charge in [0.25, 0.3) is 5.91 Å². The summed E-state index contributed by atoms with van der Waals surface area (Å²) < 4.78 is 75.4. The molecule has 0 spiro atoms. The van der Waals surface area contributed by atoms with Crippen molar-refractivity contribution in [3.8, 4) is 11.8 Å². The second kappa shape index (κ2) is 16.5. The standard InChI is InChI=1S/C33H40F3N5O4S/c1-5-7-16-39-22(3)17-31(42)40-32(38-4)28-20-27(14-15-30(28)45-6-2)46(43,44)41-26-13-11-23(18-26)8-9-24-10-12-25(21-37)29(19-24)33(34,35)36/h10,12,14-17,19-20,23,26,41H,5-9,11,13,18H2,1-4H3,(H,38,40,42)/b22-17+,39-16+. The predicted octanol–water partition coefficient (Wildman–Crippen LogP) is 6.32. The van der Waals surface area contributed by atoms with Gasteiger partial charge in [0.05, 0.1) is 34.3 Å². The van der Waals surface area contributed by atoms with Crippen molar-refractivity contribution < 1.29 is 31.1 Å². The van der Waals surface area contributed by atoms with Gasteiger partial charge in [0.1, 0.15) is 11.6 Å². The Morgan fingerprint density at radius 1 is 1.17 bits per heavy atom. The van der Waals surface area contributed by atoms with Crippen molar-refractivity contribution in [2.45, 2.75) is 82.8 Å². The Morgan fingerprint density at radius 2 is 1.93 bits per heavy atom. The number of aliphatic imine (C=N–C) groups is 2. The van der Waals surface area contributed by atoms with Crippen LogP contribution < -0.4 is 14.8 Å². The average Bonchev–Trinajstić information content (AvgIpc) is 3.45. The number of allylic oxidation sites excluding steroid dienone is 1. The van der Waals surface area contributed by atoms with Crippen LogP contribution in [0.4, 0.5) is 13.2 Å².